The maximum atomic E-state index is 12.4. The molecule has 1 aliphatic carbocycles. The molecule has 0 spiro atoms. The van der Waals surface area contributed by atoms with Gasteiger partial charge in [-0.2, -0.15) is 0 Å². The Morgan fingerprint density at radius 2 is 1.88 bits per heavy atom. The summed E-state index contributed by atoms with van der Waals surface area (Å²) in [7, 11) is 0. The van der Waals surface area contributed by atoms with Gasteiger partial charge in [0.15, 0.2) is 0 Å². The summed E-state index contributed by atoms with van der Waals surface area (Å²) >= 11 is 0. The van der Waals surface area contributed by atoms with Crippen LogP contribution in [0, 0.1) is 17.8 Å². The van der Waals surface area contributed by atoms with E-state index in [1.165, 1.54) is 0 Å². The van der Waals surface area contributed by atoms with Crippen LogP contribution < -0.4 is 5.32 Å². The van der Waals surface area contributed by atoms with Crippen molar-refractivity contribution in [3.05, 3.63) is 0 Å². The Balaban J connectivity index is 1.91. The van der Waals surface area contributed by atoms with Crippen molar-refractivity contribution >= 4 is 17.8 Å². The van der Waals surface area contributed by atoms with Gasteiger partial charge in [-0.25, -0.2) is 4.79 Å². The van der Waals surface area contributed by atoms with E-state index in [0.29, 0.717) is 18.9 Å². The smallest absolute Gasteiger partial charge is 0.326 e. The molecule has 0 radical (unpaired) electrons. The highest BCUT2D eigenvalue weighted by atomic mass is 16.4. The van der Waals surface area contributed by atoms with Crippen molar-refractivity contribution in [2.45, 2.75) is 71.4 Å². The number of carbonyl (C=O) groups excluding carboxylic acids is 2. The Kier molecular flexibility index (Phi) is 6.24. The zero-order chi connectivity index (χ0) is 17.9. The van der Waals surface area contributed by atoms with Gasteiger partial charge in [-0.1, -0.05) is 20.8 Å². The van der Waals surface area contributed by atoms with E-state index in [4.69, 9.17) is 0 Å². The number of rotatable bonds is 6. The first-order valence-corrected chi connectivity index (χ1v) is 9.10. The number of nitrogens with zero attached hydrogens (tertiary/aromatic N) is 1. The maximum absolute atomic E-state index is 12.4. The number of carboxylic acids is 1. The molecule has 1 heterocycles. The van der Waals surface area contributed by atoms with Gasteiger partial charge in [0, 0.05) is 19.0 Å². The number of nitrogens with one attached hydrogen (secondary N) is 1. The third-order valence-electron chi connectivity index (χ3n) is 5.28. The highest BCUT2D eigenvalue weighted by Crippen LogP contribution is 2.31. The van der Waals surface area contributed by atoms with Gasteiger partial charge in [-0.3, -0.25) is 9.59 Å². The minimum Gasteiger partial charge on any atom is -0.480 e. The summed E-state index contributed by atoms with van der Waals surface area (Å²) in [5.41, 5.74) is 0. The van der Waals surface area contributed by atoms with Gasteiger partial charge in [0.1, 0.15) is 6.04 Å². The first-order chi connectivity index (χ1) is 11.3. The predicted octanol–water partition coefficient (Wildman–Crippen LogP) is 2.03. The number of amides is 2. The second-order valence-electron chi connectivity index (χ2n) is 7.89. The minimum absolute atomic E-state index is 0.0328. The molecule has 6 nitrogen and oxygen atoms in total. The molecule has 2 atom stereocenters. The SMILES string of the molecule is CC(C)C[C@H](NC(=O)C1CC(=O)N(C2CCC(C)CC2)C1)C(=O)O. The van der Waals surface area contributed by atoms with Gasteiger partial charge >= 0.3 is 5.97 Å². The normalized spacial score (nSPS) is 28.9. The fourth-order valence-electron chi connectivity index (χ4n) is 3.80. The Labute approximate surface area is 144 Å². The molecule has 2 rings (SSSR count). The third-order valence-corrected chi connectivity index (χ3v) is 5.28. The second-order valence-corrected chi connectivity index (χ2v) is 7.89. The molecule has 0 aromatic rings. The fourth-order valence-corrected chi connectivity index (χ4v) is 3.80. The number of hydrogen-bond donors (Lipinski definition) is 2. The summed E-state index contributed by atoms with van der Waals surface area (Å²) < 4.78 is 0. The van der Waals surface area contributed by atoms with E-state index in [9.17, 15) is 19.5 Å². The average Bonchev–Trinajstić information content (AvgIpc) is 2.89. The van der Waals surface area contributed by atoms with Crippen LogP contribution in [-0.2, 0) is 14.4 Å². The molecule has 0 aromatic heterocycles. The summed E-state index contributed by atoms with van der Waals surface area (Å²) in [6.45, 7) is 6.51. The van der Waals surface area contributed by atoms with Crippen LogP contribution in [0.15, 0.2) is 0 Å². The van der Waals surface area contributed by atoms with Crippen LogP contribution in [0.4, 0.5) is 0 Å². The van der Waals surface area contributed by atoms with E-state index in [-0.39, 0.29) is 30.2 Å². The van der Waals surface area contributed by atoms with Crippen LogP contribution in [-0.4, -0.2) is 46.4 Å². The summed E-state index contributed by atoms with van der Waals surface area (Å²) in [6, 6.07) is -0.630. The molecule has 1 saturated carbocycles. The Bertz CT molecular complexity index is 483. The summed E-state index contributed by atoms with van der Waals surface area (Å²) in [5, 5.41) is 11.9. The van der Waals surface area contributed by atoms with Gasteiger partial charge < -0.3 is 15.3 Å². The molecule has 0 aromatic carbocycles. The number of hydrogen-bond acceptors (Lipinski definition) is 3. The molecule has 24 heavy (non-hydrogen) atoms. The number of likely N-dealkylation sites (tertiary alicyclic amines) is 1. The van der Waals surface area contributed by atoms with Crippen LogP contribution in [0.1, 0.15) is 59.3 Å². The molecule has 2 N–H and O–H groups in total. The first-order valence-electron chi connectivity index (χ1n) is 9.10. The summed E-state index contributed by atoms with van der Waals surface area (Å²) in [4.78, 5) is 37.9. The lowest BCUT2D eigenvalue weighted by Gasteiger charge is -2.33. The molecule has 2 fully saturated rings. The van der Waals surface area contributed by atoms with E-state index in [0.717, 1.165) is 25.7 Å². The molecule has 1 unspecified atom stereocenters. The fraction of sp³-hybridized carbons (Fsp3) is 0.833. The zero-order valence-electron chi connectivity index (χ0n) is 15.0. The first kappa shape index (κ1) is 18.7. The van der Waals surface area contributed by atoms with Gasteiger partial charge in [0.25, 0.3) is 0 Å². The predicted molar refractivity (Wildman–Crippen MR) is 90.3 cm³/mol. The molecular weight excluding hydrogens is 308 g/mol. The summed E-state index contributed by atoms with van der Waals surface area (Å²) in [5.74, 6) is -0.818. The number of aliphatic carboxylic acids is 1. The molecule has 6 heteroatoms. The Hall–Kier alpha value is -1.59. The lowest BCUT2D eigenvalue weighted by Crippen LogP contribution is -2.45. The van der Waals surface area contributed by atoms with Crippen molar-refractivity contribution in [3.8, 4) is 0 Å². The molecule has 2 aliphatic rings. The third kappa shape index (κ3) is 4.71. The molecule has 136 valence electrons. The van der Waals surface area contributed by atoms with Crippen LogP contribution in [0.3, 0.4) is 0 Å². The summed E-state index contributed by atoms with van der Waals surface area (Å²) in [6.07, 6.45) is 4.86. The lowest BCUT2D eigenvalue weighted by molar-refractivity contribution is -0.142. The molecular formula is C18H30N2O4. The van der Waals surface area contributed by atoms with E-state index in [1.54, 1.807) is 0 Å². The van der Waals surface area contributed by atoms with Crippen molar-refractivity contribution in [2.24, 2.45) is 17.8 Å². The van der Waals surface area contributed by atoms with Gasteiger partial charge in [0.05, 0.1) is 5.92 Å². The number of carboxylic acid groups (broad SMARTS) is 1. The molecule has 1 aliphatic heterocycles. The van der Waals surface area contributed by atoms with E-state index >= 15 is 0 Å². The Morgan fingerprint density at radius 3 is 2.42 bits per heavy atom. The van der Waals surface area contributed by atoms with Crippen molar-refractivity contribution < 1.29 is 19.5 Å². The lowest BCUT2D eigenvalue weighted by atomic mass is 9.86. The van der Waals surface area contributed by atoms with Gasteiger partial charge in [-0.15, -0.1) is 0 Å². The topological polar surface area (TPSA) is 86.7 Å². The maximum Gasteiger partial charge on any atom is 0.326 e. The van der Waals surface area contributed by atoms with E-state index in [1.807, 2.05) is 18.7 Å². The second kappa shape index (κ2) is 7.99. The van der Waals surface area contributed by atoms with Crippen LogP contribution in [0.2, 0.25) is 0 Å². The number of carbonyl (C=O) groups is 3. The van der Waals surface area contributed by atoms with Crippen molar-refractivity contribution in [1.82, 2.24) is 10.2 Å². The van der Waals surface area contributed by atoms with Crippen molar-refractivity contribution in [3.63, 3.8) is 0 Å². The zero-order valence-corrected chi connectivity index (χ0v) is 15.0. The van der Waals surface area contributed by atoms with Crippen molar-refractivity contribution in [1.29, 1.82) is 0 Å². The standard InChI is InChI=1S/C18H30N2O4/c1-11(2)8-15(18(23)24)19-17(22)13-9-16(21)20(10-13)14-6-4-12(3)5-7-14/h11-15H,4-10H2,1-3H3,(H,19,22)(H,23,24)/t12?,13?,14?,15-/m0/s1. The van der Waals surface area contributed by atoms with Crippen molar-refractivity contribution in [2.75, 3.05) is 6.54 Å². The van der Waals surface area contributed by atoms with Crippen LogP contribution >= 0.6 is 0 Å². The van der Waals surface area contributed by atoms with Gasteiger partial charge in [0.2, 0.25) is 11.8 Å². The average molecular weight is 338 g/mol. The van der Waals surface area contributed by atoms with Crippen LogP contribution in [0.25, 0.3) is 0 Å². The highest BCUT2D eigenvalue weighted by Gasteiger charge is 2.39. The minimum atomic E-state index is -1.01. The van der Waals surface area contributed by atoms with Gasteiger partial charge in [-0.05, 0) is 43.9 Å². The van der Waals surface area contributed by atoms with E-state index in [2.05, 4.69) is 12.2 Å². The monoisotopic (exact) mass is 338 g/mol. The largest absolute Gasteiger partial charge is 0.480 e. The van der Waals surface area contributed by atoms with E-state index < -0.39 is 17.9 Å². The van der Waals surface area contributed by atoms with Crippen LogP contribution in [0.5, 0.6) is 0 Å². The molecule has 1 saturated heterocycles. The quantitative estimate of drug-likeness (QED) is 0.776. The molecule has 0 bridgehead atoms. The highest BCUT2D eigenvalue weighted by molar-refractivity contribution is 5.91. The Morgan fingerprint density at radius 1 is 1.25 bits per heavy atom. The molecule has 2 amide bonds.